The minimum Gasteiger partial charge on any atom is -0.356 e. The largest absolute Gasteiger partial charge is 0.397 e. The maximum Gasteiger partial charge on any atom is 0.397 e. The first-order chi connectivity index (χ1) is 13.3. The van der Waals surface area contributed by atoms with Crippen molar-refractivity contribution in [1.82, 2.24) is 15.4 Å². The van der Waals surface area contributed by atoms with Crippen LogP contribution in [0, 0.1) is 5.82 Å². The molecule has 0 aliphatic carbocycles. The van der Waals surface area contributed by atoms with Crippen LogP contribution in [0.3, 0.4) is 0 Å². The summed E-state index contributed by atoms with van der Waals surface area (Å²) >= 11 is 0. The van der Waals surface area contributed by atoms with E-state index in [2.05, 4.69) is 15.4 Å². The molecule has 0 radical (unpaired) electrons. The number of amides is 1. The van der Waals surface area contributed by atoms with Gasteiger partial charge in [0.2, 0.25) is 5.91 Å². The van der Waals surface area contributed by atoms with Crippen LogP contribution < -0.4 is 15.8 Å². The van der Waals surface area contributed by atoms with Crippen molar-refractivity contribution in [3.63, 3.8) is 0 Å². The molecule has 1 aliphatic rings. The second kappa shape index (κ2) is 8.41. The molecule has 0 unspecified atom stereocenters. The number of hydrogen-bond acceptors (Lipinski definition) is 5. The Balaban J connectivity index is 1.56. The van der Waals surface area contributed by atoms with Crippen molar-refractivity contribution in [3.8, 4) is 0 Å². The van der Waals surface area contributed by atoms with Crippen molar-refractivity contribution < 1.29 is 22.4 Å². The fourth-order valence-corrected chi connectivity index (χ4v) is 3.17. The molecule has 150 valence electrons. The number of alkyl halides is 3. The van der Waals surface area contributed by atoms with Crippen molar-refractivity contribution in [3.05, 3.63) is 48.0 Å². The molecule has 2 heterocycles. The van der Waals surface area contributed by atoms with Crippen LogP contribution in [0.4, 0.5) is 29.2 Å². The van der Waals surface area contributed by atoms with E-state index < -0.39 is 18.5 Å². The number of anilines is 2. The summed E-state index contributed by atoms with van der Waals surface area (Å²) in [5, 5.41) is 0. The van der Waals surface area contributed by atoms with Gasteiger partial charge in [0.25, 0.3) is 0 Å². The molecule has 1 aromatic carbocycles. The molecule has 6 nitrogen and oxygen atoms in total. The van der Waals surface area contributed by atoms with Crippen molar-refractivity contribution in [2.45, 2.75) is 31.4 Å². The third-order valence-electron chi connectivity index (χ3n) is 4.51. The number of hydrogen-bond donors (Lipinski definition) is 2. The zero-order valence-corrected chi connectivity index (χ0v) is 14.8. The molecule has 1 aromatic heterocycles. The lowest BCUT2D eigenvalue weighted by Crippen LogP contribution is -2.35. The first kappa shape index (κ1) is 19.8. The van der Waals surface area contributed by atoms with E-state index in [1.165, 1.54) is 18.5 Å². The summed E-state index contributed by atoms with van der Waals surface area (Å²) in [7, 11) is 0. The van der Waals surface area contributed by atoms with Gasteiger partial charge in [-0.3, -0.25) is 15.6 Å². The zero-order valence-electron chi connectivity index (χ0n) is 14.8. The smallest absolute Gasteiger partial charge is 0.356 e. The van der Waals surface area contributed by atoms with E-state index in [0.29, 0.717) is 24.5 Å². The van der Waals surface area contributed by atoms with Gasteiger partial charge in [0.15, 0.2) is 0 Å². The fraction of sp³-hybridized carbons (Fsp3) is 0.389. The molecule has 2 aromatic rings. The Labute approximate surface area is 158 Å². The third-order valence-corrected chi connectivity index (χ3v) is 4.51. The standard InChI is InChI=1S/C18H19F4N5O/c19-14-4-2-1-3-13(14)12-5-7-27(8-6-12)16-9-15(23-11-24-16)25-26-17(28)10-18(20,21)22/h1-4,9,11-12H,5-8,10H2,(H,26,28)(H,23,24,25). The highest BCUT2D eigenvalue weighted by molar-refractivity contribution is 5.77. The van der Waals surface area contributed by atoms with E-state index in [4.69, 9.17) is 0 Å². The molecule has 3 rings (SSSR count). The third kappa shape index (κ3) is 5.30. The van der Waals surface area contributed by atoms with Crippen LogP contribution in [-0.2, 0) is 4.79 Å². The van der Waals surface area contributed by atoms with E-state index in [9.17, 15) is 22.4 Å². The number of carbonyl (C=O) groups excluding carboxylic acids is 1. The number of piperidine rings is 1. The Bertz CT molecular complexity index is 822. The normalized spacial score (nSPS) is 15.4. The molecule has 1 saturated heterocycles. The van der Waals surface area contributed by atoms with Crippen LogP contribution in [0.2, 0.25) is 0 Å². The van der Waals surface area contributed by atoms with Gasteiger partial charge in [-0.15, -0.1) is 0 Å². The van der Waals surface area contributed by atoms with Crippen LogP contribution in [-0.4, -0.2) is 35.1 Å². The minimum atomic E-state index is -4.58. The van der Waals surface area contributed by atoms with Gasteiger partial charge in [-0.05, 0) is 30.4 Å². The Kier molecular flexibility index (Phi) is 5.96. The summed E-state index contributed by atoms with van der Waals surface area (Å²) in [6.45, 7) is 1.30. The van der Waals surface area contributed by atoms with Crippen molar-refractivity contribution >= 4 is 17.5 Å². The molecular formula is C18H19F4N5O. The van der Waals surface area contributed by atoms with E-state index in [0.717, 1.165) is 12.8 Å². The SMILES string of the molecule is O=C(CC(F)(F)F)NNc1cc(N2CCC(c3ccccc3F)CC2)ncn1. The Morgan fingerprint density at radius 1 is 1.18 bits per heavy atom. The number of benzene rings is 1. The van der Waals surface area contributed by atoms with Crippen LogP contribution >= 0.6 is 0 Å². The molecular weight excluding hydrogens is 378 g/mol. The Hall–Kier alpha value is -2.91. The predicted octanol–water partition coefficient (Wildman–Crippen LogP) is 3.40. The summed E-state index contributed by atoms with van der Waals surface area (Å²) in [5.41, 5.74) is 5.03. The molecule has 1 aliphatic heterocycles. The molecule has 1 amide bonds. The van der Waals surface area contributed by atoms with Crippen LogP contribution in [0.5, 0.6) is 0 Å². The van der Waals surface area contributed by atoms with Crippen LogP contribution in [0.15, 0.2) is 36.7 Å². The number of halogens is 4. The van der Waals surface area contributed by atoms with Gasteiger partial charge in [0.1, 0.15) is 30.2 Å². The number of aromatic nitrogens is 2. The Morgan fingerprint density at radius 3 is 2.57 bits per heavy atom. The topological polar surface area (TPSA) is 70.2 Å². The molecule has 0 saturated carbocycles. The van der Waals surface area contributed by atoms with Gasteiger partial charge in [-0.1, -0.05) is 18.2 Å². The summed E-state index contributed by atoms with van der Waals surface area (Å²) in [5.74, 6) is -0.535. The number of carbonyl (C=O) groups is 1. The first-order valence-electron chi connectivity index (χ1n) is 8.75. The van der Waals surface area contributed by atoms with Crippen LogP contribution in [0.25, 0.3) is 0 Å². The lowest BCUT2D eigenvalue weighted by atomic mass is 9.89. The highest BCUT2D eigenvalue weighted by Crippen LogP contribution is 2.31. The maximum atomic E-state index is 14.0. The summed E-state index contributed by atoms with van der Waals surface area (Å²) in [6, 6.07) is 8.28. The zero-order chi connectivity index (χ0) is 20.1. The molecule has 28 heavy (non-hydrogen) atoms. The van der Waals surface area contributed by atoms with E-state index in [1.807, 2.05) is 16.4 Å². The van der Waals surface area contributed by atoms with Crippen molar-refractivity contribution in [2.24, 2.45) is 0 Å². The molecule has 0 atom stereocenters. The van der Waals surface area contributed by atoms with Gasteiger partial charge in [0.05, 0.1) is 0 Å². The lowest BCUT2D eigenvalue weighted by molar-refractivity contribution is -0.153. The van der Waals surface area contributed by atoms with Gasteiger partial charge < -0.3 is 4.90 Å². The highest BCUT2D eigenvalue weighted by atomic mass is 19.4. The van der Waals surface area contributed by atoms with Crippen LogP contribution in [0.1, 0.15) is 30.7 Å². The maximum absolute atomic E-state index is 14.0. The van der Waals surface area contributed by atoms with Crippen molar-refractivity contribution in [1.29, 1.82) is 0 Å². The van der Waals surface area contributed by atoms with Crippen molar-refractivity contribution in [2.75, 3.05) is 23.4 Å². The fourth-order valence-electron chi connectivity index (χ4n) is 3.17. The lowest BCUT2D eigenvalue weighted by Gasteiger charge is -2.33. The first-order valence-corrected chi connectivity index (χ1v) is 8.75. The van der Waals surface area contributed by atoms with Gasteiger partial charge in [0, 0.05) is 19.2 Å². The minimum absolute atomic E-state index is 0.124. The second-order valence-corrected chi connectivity index (χ2v) is 6.51. The summed E-state index contributed by atoms with van der Waals surface area (Å²) in [4.78, 5) is 21.3. The number of rotatable bonds is 5. The van der Waals surface area contributed by atoms with E-state index in [-0.39, 0.29) is 17.6 Å². The van der Waals surface area contributed by atoms with E-state index in [1.54, 1.807) is 12.1 Å². The quantitative estimate of drug-likeness (QED) is 0.598. The van der Waals surface area contributed by atoms with Gasteiger partial charge in [-0.2, -0.15) is 13.2 Å². The molecule has 0 bridgehead atoms. The molecule has 0 spiro atoms. The molecule has 10 heteroatoms. The number of nitrogens with zero attached hydrogens (tertiary/aromatic N) is 3. The highest BCUT2D eigenvalue weighted by Gasteiger charge is 2.31. The number of hydrazine groups is 1. The summed E-state index contributed by atoms with van der Waals surface area (Å²) < 4.78 is 50.5. The second-order valence-electron chi connectivity index (χ2n) is 6.51. The summed E-state index contributed by atoms with van der Waals surface area (Å²) in [6.07, 6.45) is -3.41. The van der Waals surface area contributed by atoms with Gasteiger partial charge in [-0.25, -0.2) is 14.4 Å². The average molecular weight is 397 g/mol. The van der Waals surface area contributed by atoms with E-state index >= 15 is 0 Å². The molecule has 2 N–H and O–H groups in total. The predicted molar refractivity (Wildman–Crippen MR) is 95.1 cm³/mol. The number of nitrogens with one attached hydrogen (secondary N) is 2. The average Bonchev–Trinajstić information content (AvgIpc) is 2.66. The molecule has 1 fully saturated rings. The van der Waals surface area contributed by atoms with Gasteiger partial charge >= 0.3 is 6.18 Å². The Morgan fingerprint density at radius 2 is 1.89 bits per heavy atom. The monoisotopic (exact) mass is 397 g/mol.